The second-order valence-electron chi connectivity index (χ2n) is 7.66. The van der Waals surface area contributed by atoms with Gasteiger partial charge < -0.3 is 19.7 Å². The number of hydrogen-bond donors (Lipinski definition) is 1. The van der Waals surface area contributed by atoms with Crippen molar-refractivity contribution in [3.8, 4) is 0 Å². The second kappa shape index (κ2) is 9.78. The number of nitrogens with zero attached hydrogens (tertiary/aromatic N) is 1. The summed E-state index contributed by atoms with van der Waals surface area (Å²) in [6, 6.07) is 8.16. The standard InChI is InChI=1S/C22H30N2O4S/c1-14-7-5-6-8-15(14)12-19-22(26)24(2)17-11-16(9-10-18(17)29-19)21(25)23-13-20(27-3)28-4/h5-8,12,16-18,20H,9-11,13H2,1-4H3,(H,23,25)/b19-12-. The van der Waals surface area contributed by atoms with Gasteiger partial charge in [-0.2, -0.15) is 0 Å². The zero-order valence-electron chi connectivity index (χ0n) is 17.5. The first-order valence-corrected chi connectivity index (χ1v) is 10.9. The number of nitrogens with one attached hydrogen (secondary N) is 1. The van der Waals surface area contributed by atoms with Crippen molar-refractivity contribution in [3.05, 3.63) is 40.3 Å². The summed E-state index contributed by atoms with van der Waals surface area (Å²) < 4.78 is 10.2. The van der Waals surface area contributed by atoms with Gasteiger partial charge in [-0.1, -0.05) is 24.3 Å². The quantitative estimate of drug-likeness (QED) is 0.568. The molecule has 2 aliphatic rings. The lowest BCUT2D eigenvalue weighted by Gasteiger charge is -2.44. The summed E-state index contributed by atoms with van der Waals surface area (Å²) in [5, 5.41) is 3.23. The average Bonchev–Trinajstić information content (AvgIpc) is 2.73. The zero-order valence-corrected chi connectivity index (χ0v) is 18.3. The Morgan fingerprint density at radius 2 is 2.03 bits per heavy atom. The maximum atomic E-state index is 13.0. The number of rotatable bonds is 6. The van der Waals surface area contributed by atoms with Gasteiger partial charge in [0.15, 0.2) is 6.29 Å². The van der Waals surface area contributed by atoms with Gasteiger partial charge >= 0.3 is 0 Å². The topological polar surface area (TPSA) is 67.9 Å². The van der Waals surface area contributed by atoms with E-state index >= 15 is 0 Å². The first-order valence-electron chi connectivity index (χ1n) is 9.99. The minimum absolute atomic E-state index is 0.00893. The fourth-order valence-corrected chi connectivity index (χ4v) is 5.49. The van der Waals surface area contributed by atoms with Crippen molar-refractivity contribution in [3.63, 3.8) is 0 Å². The van der Waals surface area contributed by atoms with E-state index in [1.165, 1.54) is 0 Å². The highest BCUT2D eigenvalue weighted by molar-refractivity contribution is 8.04. The van der Waals surface area contributed by atoms with E-state index in [1.54, 1.807) is 26.0 Å². The van der Waals surface area contributed by atoms with Gasteiger partial charge in [-0.3, -0.25) is 9.59 Å². The number of amides is 2. The van der Waals surface area contributed by atoms with Crippen LogP contribution in [0.2, 0.25) is 0 Å². The van der Waals surface area contributed by atoms with E-state index in [0.717, 1.165) is 28.9 Å². The fourth-order valence-electron chi connectivity index (χ4n) is 4.02. The molecule has 3 rings (SSSR count). The first kappa shape index (κ1) is 21.9. The number of methoxy groups -OCH3 is 2. The van der Waals surface area contributed by atoms with Crippen LogP contribution in [0.15, 0.2) is 29.2 Å². The van der Waals surface area contributed by atoms with Crippen LogP contribution in [-0.4, -0.2) is 62.1 Å². The van der Waals surface area contributed by atoms with E-state index in [0.29, 0.717) is 18.2 Å². The molecule has 1 aliphatic carbocycles. The number of ether oxygens (including phenoxy) is 2. The van der Waals surface area contributed by atoms with Crippen LogP contribution < -0.4 is 5.32 Å². The molecule has 0 aromatic heterocycles. The van der Waals surface area contributed by atoms with E-state index in [-0.39, 0.29) is 23.8 Å². The highest BCUT2D eigenvalue weighted by Gasteiger charge is 2.42. The van der Waals surface area contributed by atoms with Crippen LogP contribution in [0, 0.1) is 12.8 Å². The summed E-state index contributed by atoms with van der Waals surface area (Å²) in [4.78, 5) is 28.2. The maximum absolute atomic E-state index is 13.0. The molecular weight excluding hydrogens is 388 g/mol. The number of thioether (sulfide) groups is 1. The van der Waals surface area contributed by atoms with Crippen molar-refractivity contribution in [2.75, 3.05) is 27.8 Å². The Morgan fingerprint density at radius 3 is 2.72 bits per heavy atom. The lowest BCUT2D eigenvalue weighted by molar-refractivity contribution is -0.134. The predicted octanol–water partition coefficient (Wildman–Crippen LogP) is 2.81. The number of likely N-dealkylation sites (N-methyl/N-ethyl adjacent to an activating group) is 1. The van der Waals surface area contributed by atoms with Gasteiger partial charge in [0.25, 0.3) is 5.91 Å². The molecule has 1 aromatic rings. The molecule has 1 saturated heterocycles. The number of hydrogen-bond acceptors (Lipinski definition) is 5. The van der Waals surface area contributed by atoms with Crippen LogP contribution in [-0.2, 0) is 19.1 Å². The highest BCUT2D eigenvalue weighted by Crippen LogP contribution is 2.43. The van der Waals surface area contributed by atoms with Gasteiger partial charge in [0.2, 0.25) is 5.91 Å². The molecule has 1 aliphatic heterocycles. The maximum Gasteiger partial charge on any atom is 0.260 e. The summed E-state index contributed by atoms with van der Waals surface area (Å²) in [7, 11) is 4.96. The molecule has 3 atom stereocenters. The molecule has 1 heterocycles. The first-order chi connectivity index (χ1) is 13.9. The lowest BCUT2D eigenvalue weighted by atomic mass is 9.83. The SMILES string of the molecule is COC(CNC(=O)C1CCC2S/C(=C\c3ccccc3C)C(=O)N(C)C2C1)OC. The molecule has 29 heavy (non-hydrogen) atoms. The van der Waals surface area contributed by atoms with E-state index in [2.05, 4.69) is 18.3 Å². The average molecular weight is 419 g/mol. The minimum atomic E-state index is -0.445. The number of fused-ring (bicyclic) bond motifs is 1. The van der Waals surface area contributed by atoms with Gasteiger partial charge in [0.05, 0.1) is 11.4 Å². The van der Waals surface area contributed by atoms with E-state index in [9.17, 15) is 9.59 Å². The Kier molecular flexibility index (Phi) is 7.38. The van der Waals surface area contributed by atoms with E-state index in [1.807, 2.05) is 36.2 Å². The largest absolute Gasteiger partial charge is 0.354 e. The monoisotopic (exact) mass is 418 g/mol. The van der Waals surface area contributed by atoms with Crippen LogP contribution >= 0.6 is 11.8 Å². The third-order valence-electron chi connectivity index (χ3n) is 5.88. The number of carbonyl (C=O) groups is 2. The van der Waals surface area contributed by atoms with Gasteiger partial charge in [0.1, 0.15) is 0 Å². The van der Waals surface area contributed by atoms with Gasteiger partial charge in [-0.15, -0.1) is 11.8 Å². The van der Waals surface area contributed by atoms with Gasteiger partial charge in [0, 0.05) is 38.5 Å². The number of aryl methyl sites for hydroxylation is 1. The molecule has 158 valence electrons. The molecule has 3 unspecified atom stereocenters. The van der Waals surface area contributed by atoms with Crippen molar-refractivity contribution >= 4 is 29.7 Å². The van der Waals surface area contributed by atoms with Crippen LogP contribution in [0.25, 0.3) is 6.08 Å². The lowest BCUT2D eigenvalue weighted by Crippen LogP contribution is -2.52. The van der Waals surface area contributed by atoms with Crippen molar-refractivity contribution in [2.45, 2.75) is 43.8 Å². The predicted molar refractivity (Wildman–Crippen MR) is 115 cm³/mol. The van der Waals surface area contributed by atoms with Crippen LogP contribution in [0.5, 0.6) is 0 Å². The summed E-state index contributed by atoms with van der Waals surface area (Å²) >= 11 is 1.67. The second-order valence-corrected chi connectivity index (χ2v) is 8.94. The molecule has 0 spiro atoms. The smallest absolute Gasteiger partial charge is 0.260 e. The Labute approximate surface area is 177 Å². The molecule has 1 aromatic carbocycles. The fraction of sp³-hybridized carbons (Fsp3) is 0.545. The molecule has 1 N–H and O–H groups in total. The van der Waals surface area contributed by atoms with Crippen molar-refractivity contribution in [1.82, 2.24) is 10.2 Å². The third-order valence-corrected chi connectivity index (χ3v) is 7.28. The molecule has 1 saturated carbocycles. The Hall–Kier alpha value is -1.83. The van der Waals surface area contributed by atoms with Gasteiger partial charge in [-0.25, -0.2) is 0 Å². The Balaban J connectivity index is 1.66. The summed E-state index contributed by atoms with van der Waals surface area (Å²) in [6.45, 7) is 2.38. The molecule has 7 heteroatoms. The van der Waals surface area contributed by atoms with Crippen LogP contribution in [0.4, 0.5) is 0 Å². The van der Waals surface area contributed by atoms with Crippen molar-refractivity contribution in [1.29, 1.82) is 0 Å². The zero-order chi connectivity index (χ0) is 21.0. The normalized spacial score (nSPS) is 26.0. The molecule has 0 radical (unpaired) electrons. The van der Waals surface area contributed by atoms with Crippen LogP contribution in [0.1, 0.15) is 30.4 Å². The molecule has 2 amide bonds. The third kappa shape index (κ3) is 5.02. The summed E-state index contributed by atoms with van der Waals surface area (Å²) in [5.74, 6) is -0.0441. The molecular formula is C22H30N2O4S. The van der Waals surface area contributed by atoms with Crippen LogP contribution in [0.3, 0.4) is 0 Å². The Bertz CT molecular complexity index is 778. The Morgan fingerprint density at radius 1 is 1.31 bits per heavy atom. The van der Waals surface area contributed by atoms with E-state index < -0.39 is 6.29 Å². The number of carbonyl (C=O) groups excluding carboxylic acids is 2. The molecule has 2 fully saturated rings. The van der Waals surface area contributed by atoms with E-state index in [4.69, 9.17) is 9.47 Å². The molecule has 0 bridgehead atoms. The van der Waals surface area contributed by atoms with Crippen molar-refractivity contribution in [2.24, 2.45) is 5.92 Å². The summed E-state index contributed by atoms with van der Waals surface area (Å²) in [6.07, 6.45) is 3.98. The van der Waals surface area contributed by atoms with Gasteiger partial charge in [-0.05, 0) is 43.4 Å². The molecule has 6 nitrogen and oxygen atoms in total. The minimum Gasteiger partial charge on any atom is -0.354 e. The van der Waals surface area contributed by atoms with Crippen molar-refractivity contribution < 1.29 is 19.1 Å². The number of benzene rings is 1. The highest BCUT2D eigenvalue weighted by atomic mass is 32.2. The summed E-state index contributed by atoms with van der Waals surface area (Å²) in [5.41, 5.74) is 2.23.